The molecule has 1 amide bonds. The molecule has 2 aromatic carbocycles. The number of benzene rings is 2. The molecule has 1 saturated heterocycles. The molecule has 0 radical (unpaired) electrons. The number of nitrogens with zero attached hydrogens (tertiary/aromatic N) is 3. The van der Waals surface area contributed by atoms with Crippen LogP contribution in [-0.4, -0.2) is 33.4 Å². The van der Waals surface area contributed by atoms with Crippen LogP contribution in [0.15, 0.2) is 61.2 Å². The lowest BCUT2D eigenvalue weighted by atomic mass is 10.1. The second-order valence-electron chi connectivity index (χ2n) is 6.66. The third-order valence-electron chi connectivity index (χ3n) is 4.87. The Hall–Kier alpha value is -2.95. The average Bonchev–Trinajstić information content (AvgIpc) is 3.18. The van der Waals surface area contributed by atoms with Crippen molar-refractivity contribution in [2.24, 2.45) is 0 Å². The number of aromatic nitrogens is 2. The summed E-state index contributed by atoms with van der Waals surface area (Å²) in [6.07, 6.45) is 2.21. The third-order valence-corrected chi connectivity index (χ3v) is 4.87. The van der Waals surface area contributed by atoms with E-state index in [1.165, 1.54) is 12.1 Å². The van der Waals surface area contributed by atoms with Gasteiger partial charge in [-0.15, -0.1) is 6.58 Å². The van der Waals surface area contributed by atoms with Crippen molar-refractivity contribution in [1.82, 2.24) is 14.5 Å². The minimum absolute atomic E-state index is 0.0512. The molecule has 4 rings (SSSR count). The van der Waals surface area contributed by atoms with Crippen LogP contribution in [-0.2, 0) is 11.3 Å². The molecule has 26 heavy (non-hydrogen) atoms. The summed E-state index contributed by atoms with van der Waals surface area (Å²) < 4.78 is 15.4. The zero-order chi connectivity index (χ0) is 18.1. The Morgan fingerprint density at radius 3 is 2.73 bits per heavy atom. The Balaban J connectivity index is 1.73. The number of hydrogen-bond acceptors (Lipinski definition) is 2. The maximum Gasteiger partial charge on any atom is 0.223 e. The first-order valence-corrected chi connectivity index (χ1v) is 8.74. The number of carbonyl (C=O) groups is 1. The highest BCUT2D eigenvalue weighted by Gasteiger charge is 2.33. The van der Waals surface area contributed by atoms with Gasteiger partial charge in [0.2, 0.25) is 5.91 Å². The molecule has 1 fully saturated rings. The topological polar surface area (TPSA) is 38.1 Å². The summed E-state index contributed by atoms with van der Waals surface area (Å²) in [6, 6.07) is 14.5. The van der Waals surface area contributed by atoms with E-state index < -0.39 is 0 Å². The van der Waals surface area contributed by atoms with Crippen LogP contribution in [0, 0.1) is 5.82 Å². The molecule has 4 nitrogen and oxygen atoms in total. The summed E-state index contributed by atoms with van der Waals surface area (Å²) in [5.74, 6) is 0.854. The molecule has 0 aliphatic carbocycles. The molecule has 1 aliphatic heterocycles. The molecule has 1 atom stereocenters. The quantitative estimate of drug-likeness (QED) is 0.659. The Bertz CT molecular complexity index is 961. The maximum absolute atomic E-state index is 13.2. The predicted molar refractivity (Wildman–Crippen MR) is 99.4 cm³/mol. The summed E-state index contributed by atoms with van der Waals surface area (Å²) >= 11 is 0. The van der Waals surface area contributed by atoms with Gasteiger partial charge in [0.25, 0.3) is 0 Å². The van der Waals surface area contributed by atoms with E-state index in [1.807, 2.05) is 29.2 Å². The second-order valence-corrected chi connectivity index (χ2v) is 6.66. The monoisotopic (exact) mass is 349 g/mol. The first-order valence-electron chi connectivity index (χ1n) is 8.74. The van der Waals surface area contributed by atoms with Gasteiger partial charge in [-0.1, -0.05) is 30.3 Å². The van der Waals surface area contributed by atoms with Gasteiger partial charge < -0.3 is 9.47 Å². The number of amides is 1. The number of fused-ring (bicyclic) bond motifs is 1. The molecule has 0 bridgehead atoms. The van der Waals surface area contributed by atoms with Crippen molar-refractivity contribution >= 4 is 16.9 Å². The molecule has 5 heteroatoms. The van der Waals surface area contributed by atoms with Crippen molar-refractivity contribution in [2.75, 3.05) is 13.1 Å². The summed E-state index contributed by atoms with van der Waals surface area (Å²) in [7, 11) is 0. The van der Waals surface area contributed by atoms with Crippen molar-refractivity contribution < 1.29 is 9.18 Å². The maximum atomic E-state index is 13.2. The fourth-order valence-corrected chi connectivity index (χ4v) is 3.62. The highest BCUT2D eigenvalue weighted by atomic mass is 19.1. The van der Waals surface area contributed by atoms with Gasteiger partial charge in [0, 0.05) is 32.0 Å². The van der Waals surface area contributed by atoms with Gasteiger partial charge in [-0.05, 0) is 29.8 Å². The Labute approximate surface area is 151 Å². The van der Waals surface area contributed by atoms with E-state index in [1.54, 1.807) is 18.2 Å². The normalized spacial score (nSPS) is 17.2. The molecule has 3 aromatic rings. The number of hydrogen-bond donors (Lipinski definition) is 0. The summed E-state index contributed by atoms with van der Waals surface area (Å²) in [6.45, 7) is 5.54. The predicted octanol–water partition coefficient (Wildman–Crippen LogP) is 3.73. The van der Waals surface area contributed by atoms with E-state index in [2.05, 4.69) is 11.1 Å². The first kappa shape index (κ1) is 16.5. The van der Waals surface area contributed by atoms with Crippen LogP contribution in [0.5, 0.6) is 0 Å². The zero-order valence-electron chi connectivity index (χ0n) is 14.4. The highest BCUT2D eigenvalue weighted by molar-refractivity contribution is 5.81. The van der Waals surface area contributed by atoms with Gasteiger partial charge in [0.15, 0.2) is 0 Å². The lowest BCUT2D eigenvalue weighted by Gasteiger charge is -2.15. The Morgan fingerprint density at radius 1 is 1.19 bits per heavy atom. The van der Waals surface area contributed by atoms with Crippen LogP contribution in [0.25, 0.3) is 11.0 Å². The Morgan fingerprint density at radius 2 is 1.96 bits per heavy atom. The second kappa shape index (κ2) is 6.75. The van der Waals surface area contributed by atoms with E-state index in [-0.39, 0.29) is 17.6 Å². The van der Waals surface area contributed by atoms with E-state index in [0.29, 0.717) is 26.1 Å². The summed E-state index contributed by atoms with van der Waals surface area (Å²) in [4.78, 5) is 18.9. The van der Waals surface area contributed by atoms with Gasteiger partial charge in [-0.2, -0.15) is 0 Å². The average molecular weight is 349 g/mol. The lowest BCUT2D eigenvalue weighted by molar-refractivity contribution is -0.127. The zero-order valence-corrected chi connectivity index (χ0v) is 14.4. The van der Waals surface area contributed by atoms with Crippen LogP contribution < -0.4 is 0 Å². The molecule has 1 aromatic heterocycles. The SMILES string of the molecule is C=CCN1CC(c2nc3ccccc3n2Cc2ccc(F)cc2)CC1=O. The molecule has 0 saturated carbocycles. The molecule has 132 valence electrons. The fourth-order valence-electron chi connectivity index (χ4n) is 3.62. The van der Waals surface area contributed by atoms with Gasteiger partial charge in [-0.25, -0.2) is 9.37 Å². The van der Waals surface area contributed by atoms with Crippen molar-refractivity contribution in [3.8, 4) is 0 Å². The third kappa shape index (κ3) is 3.01. The molecule has 1 aliphatic rings. The van der Waals surface area contributed by atoms with Crippen LogP contribution in [0.3, 0.4) is 0 Å². The molecular weight excluding hydrogens is 329 g/mol. The summed E-state index contributed by atoms with van der Waals surface area (Å²) in [5.41, 5.74) is 2.95. The number of para-hydroxylation sites is 2. The van der Waals surface area contributed by atoms with Crippen molar-refractivity contribution in [1.29, 1.82) is 0 Å². The fraction of sp³-hybridized carbons (Fsp3) is 0.238. The number of carbonyl (C=O) groups excluding carboxylic acids is 1. The minimum Gasteiger partial charge on any atom is -0.338 e. The van der Waals surface area contributed by atoms with Crippen LogP contribution >= 0.6 is 0 Å². The highest BCUT2D eigenvalue weighted by Crippen LogP contribution is 2.30. The van der Waals surface area contributed by atoms with Crippen molar-refractivity contribution in [3.63, 3.8) is 0 Å². The number of halogens is 1. The van der Waals surface area contributed by atoms with Gasteiger partial charge in [0.05, 0.1) is 11.0 Å². The van der Waals surface area contributed by atoms with Gasteiger partial charge in [-0.3, -0.25) is 4.79 Å². The number of likely N-dealkylation sites (tertiary alicyclic amines) is 1. The smallest absolute Gasteiger partial charge is 0.223 e. The molecular formula is C21H20FN3O. The molecule has 2 heterocycles. The molecule has 0 spiro atoms. The first-order chi connectivity index (χ1) is 12.7. The minimum atomic E-state index is -0.245. The van der Waals surface area contributed by atoms with Gasteiger partial charge >= 0.3 is 0 Å². The Kier molecular flexibility index (Phi) is 4.29. The summed E-state index contributed by atoms with van der Waals surface area (Å²) in [5, 5.41) is 0. The van der Waals surface area contributed by atoms with E-state index >= 15 is 0 Å². The van der Waals surface area contributed by atoms with Gasteiger partial charge in [0.1, 0.15) is 11.6 Å². The van der Waals surface area contributed by atoms with Crippen molar-refractivity contribution in [2.45, 2.75) is 18.9 Å². The largest absolute Gasteiger partial charge is 0.338 e. The lowest BCUT2D eigenvalue weighted by Crippen LogP contribution is -2.25. The molecule has 0 N–H and O–H groups in total. The van der Waals surface area contributed by atoms with E-state index in [9.17, 15) is 9.18 Å². The van der Waals surface area contributed by atoms with Crippen molar-refractivity contribution in [3.05, 3.63) is 78.4 Å². The van der Waals surface area contributed by atoms with Crippen LogP contribution in [0.2, 0.25) is 0 Å². The van der Waals surface area contributed by atoms with E-state index in [0.717, 1.165) is 22.4 Å². The number of rotatable bonds is 5. The van der Waals surface area contributed by atoms with E-state index in [4.69, 9.17) is 4.98 Å². The standard InChI is InChI=1S/C21H20FN3O/c1-2-11-24-14-16(12-20(24)26)21-23-18-5-3-4-6-19(18)25(21)13-15-7-9-17(22)10-8-15/h2-10,16H,1,11-14H2. The number of imidazole rings is 1. The molecule has 1 unspecified atom stereocenters. The van der Waals surface area contributed by atoms with Crippen LogP contribution in [0.4, 0.5) is 4.39 Å². The van der Waals surface area contributed by atoms with Crippen LogP contribution in [0.1, 0.15) is 23.7 Å².